The average molecular weight is 232 g/mol. The highest BCUT2D eigenvalue weighted by atomic mass is 16.2. The van der Waals surface area contributed by atoms with E-state index in [1.165, 1.54) is 7.05 Å². The highest BCUT2D eigenvalue weighted by molar-refractivity contribution is 6.05. The van der Waals surface area contributed by atoms with Crippen LogP contribution in [-0.2, 0) is 4.79 Å². The molecule has 1 aromatic carbocycles. The molecule has 17 heavy (non-hydrogen) atoms. The second-order valence-electron chi connectivity index (χ2n) is 3.47. The maximum atomic E-state index is 11.8. The molecule has 0 atom stereocenters. The van der Waals surface area contributed by atoms with Crippen molar-refractivity contribution in [2.75, 3.05) is 13.6 Å². The van der Waals surface area contributed by atoms with E-state index in [1.54, 1.807) is 6.07 Å². The van der Waals surface area contributed by atoms with Crippen LogP contribution in [0.4, 0.5) is 0 Å². The highest BCUT2D eigenvalue weighted by Gasteiger charge is 2.13. The molecule has 0 fully saturated rings. The fourth-order valence-corrected chi connectivity index (χ4v) is 1.47. The van der Waals surface area contributed by atoms with Gasteiger partial charge in [-0.2, -0.15) is 5.10 Å². The zero-order chi connectivity index (χ0) is 12.3. The van der Waals surface area contributed by atoms with Crippen LogP contribution < -0.4 is 10.6 Å². The van der Waals surface area contributed by atoms with Crippen molar-refractivity contribution in [3.63, 3.8) is 0 Å². The molecule has 1 aromatic heterocycles. The molecule has 6 heteroatoms. The lowest BCUT2D eigenvalue weighted by Gasteiger charge is -2.01. The maximum absolute atomic E-state index is 11.8. The van der Waals surface area contributed by atoms with Crippen LogP contribution in [0.1, 0.15) is 10.5 Å². The van der Waals surface area contributed by atoms with Crippen molar-refractivity contribution in [3.05, 3.63) is 30.0 Å². The maximum Gasteiger partial charge on any atom is 0.272 e. The van der Waals surface area contributed by atoms with Gasteiger partial charge in [0.2, 0.25) is 5.91 Å². The highest BCUT2D eigenvalue weighted by Crippen LogP contribution is 2.14. The minimum Gasteiger partial charge on any atom is -0.358 e. The molecule has 2 rings (SSSR count). The van der Waals surface area contributed by atoms with Gasteiger partial charge < -0.3 is 10.6 Å². The quantitative estimate of drug-likeness (QED) is 0.698. The second-order valence-corrected chi connectivity index (χ2v) is 3.47. The number of rotatable bonds is 3. The smallest absolute Gasteiger partial charge is 0.272 e. The summed E-state index contributed by atoms with van der Waals surface area (Å²) < 4.78 is 0. The molecule has 1 heterocycles. The number of carbonyl (C=O) groups is 2. The minimum absolute atomic E-state index is 0.0590. The van der Waals surface area contributed by atoms with E-state index in [2.05, 4.69) is 20.8 Å². The number of para-hydroxylation sites is 1. The molecule has 0 aliphatic heterocycles. The lowest BCUT2D eigenvalue weighted by atomic mass is 10.2. The molecule has 3 N–H and O–H groups in total. The van der Waals surface area contributed by atoms with Gasteiger partial charge in [-0.15, -0.1) is 0 Å². The summed E-state index contributed by atoms with van der Waals surface area (Å²) in [5, 5.41) is 12.3. The first-order valence-electron chi connectivity index (χ1n) is 5.14. The Bertz CT molecular complexity index is 561. The number of amides is 2. The molecule has 0 spiro atoms. The Morgan fingerprint density at radius 1 is 1.35 bits per heavy atom. The molecular weight excluding hydrogens is 220 g/mol. The third-order valence-corrected chi connectivity index (χ3v) is 2.37. The van der Waals surface area contributed by atoms with Crippen LogP contribution in [0, 0.1) is 0 Å². The number of hydrogen-bond donors (Lipinski definition) is 3. The van der Waals surface area contributed by atoms with Gasteiger partial charge in [0, 0.05) is 12.4 Å². The molecule has 0 aliphatic carbocycles. The van der Waals surface area contributed by atoms with Crippen LogP contribution in [0.3, 0.4) is 0 Å². The monoisotopic (exact) mass is 232 g/mol. The van der Waals surface area contributed by atoms with Crippen LogP contribution in [0.25, 0.3) is 10.9 Å². The number of H-pyrrole nitrogens is 1. The number of likely N-dealkylation sites (N-methyl/N-ethyl adjacent to an activating group) is 1. The van der Waals surface area contributed by atoms with E-state index in [1.807, 2.05) is 18.2 Å². The van der Waals surface area contributed by atoms with Crippen molar-refractivity contribution < 1.29 is 9.59 Å². The van der Waals surface area contributed by atoms with Gasteiger partial charge in [0.1, 0.15) is 0 Å². The summed E-state index contributed by atoms with van der Waals surface area (Å²) in [7, 11) is 1.51. The Hall–Kier alpha value is -2.37. The molecule has 88 valence electrons. The number of fused-ring (bicyclic) bond motifs is 1. The van der Waals surface area contributed by atoms with Crippen LogP contribution in [0.5, 0.6) is 0 Å². The third-order valence-electron chi connectivity index (χ3n) is 2.37. The average Bonchev–Trinajstić information content (AvgIpc) is 2.79. The van der Waals surface area contributed by atoms with Crippen molar-refractivity contribution in [2.24, 2.45) is 0 Å². The van der Waals surface area contributed by atoms with Gasteiger partial charge in [-0.25, -0.2) is 0 Å². The number of aromatic nitrogens is 2. The summed E-state index contributed by atoms with van der Waals surface area (Å²) in [6.07, 6.45) is 0. The fraction of sp³-hybridized carbons (Fsp3) is 0.182. The van der Waals surface area contributed by atoms with Crippen LogP contribution in [-0.4, -0.2) is 35.6 Å². The van der Waals surface area contributed by atoms with E-state index in [0.717, 1.165) is 10.9 Å². The number of aromatic amines is 1. The van der Waals surface area contributed by atoms with Crippen LogP contribution in [0.15, 0.2) is 24.3 Å². The van der Waals surface area contributed by atoms with Gasteiger partial charge in [-0.05, 0) is 6.07 Å². The van der Waals surface area contributed by atoms with E-state index < -0.39 is 0 Å². The number of hydrogen-bond acceptors (Lipinski definition) is 3. The van der Waals surface area contributed by atoms with E-state index in [9.17, 15) is 9.59 Å². The number of nitrogens with one attached hydrogen (secondary N) is 3. The normalized spacial score (nSPS) is 10.2. The summed E-state index contributed by atoms with van der Waals surface area (Å²) in [6.45, 7) is -0.0590. The lowest BCUT2D eigenvalue weighted by molar-refractivity contribution is -0.119. The Kier molecular flexibility index (Phi) is 3.04. The van der Waals surface area contributed by atoms with Gasteiger partial charge in [0.15, 0.2) is 5.69 Å². The fourth-order valence-electron chi connectivity index (χ4n) is 1.47. The van der Waals surface area contributed by atoms with Gasteiger partial charge >= 0.3 is 0 Å². The van der Waals surface area contributed by atoms with Crippen LogP contribution in [0.2, 0.25) is 0 Å². The Balaban J connectivity index is 2.17. The van der Waals surface area contributed by atoms with Crippen molar-refractivity contribution >= 4 is 22.7 Å². The van der Waals surface area contributed by atoms with Gasteiger partial charge in [-0.3, -0.25) is 14.7 Å². The SMILES string of the molecule is CNC(=O)CNC(=O)c1n[nH]c2ccccc12. The van der Waals surface area contributed by atoms with Gasteiger partial charge in [0.25, 0.3) is 5.91 Å². The molecule has 0 aliphatic rings. The number of benzene rings is 1. The molecule has 6 nitrogen and oxygen atoms in total. The Morgan fingerprint density at radius 3 is 2.88 bits per heavy atom. The third kappa shape index (κ3) is 2.25. The molecule has 0 radical (unpaired) electrons. The Labute approximate surface area is 97.4 Å². The van der Waals surface area contributed by atoms with E-state index in [-0.39, 0.29) is 18.4 Å². The van der Waals surface area contributed by atoms with Crippen molar-refractivity contribution in [2.45, 2.75) is 0 Å². The minimum atomic E-state index is -0.369. The van der Waals surface area contributed by atoms with Gasteiger partial charge in [0.05, 0.1) is 12.1 Å². The molecule has 0 saturated carbocycles. The number of nitrogens with zero attached hydrogens (tertiary/aromatic N) is 1. The molecule has 0 saturated heterocycles. The molecule has 0 unspecified atom stereocenters. The number of carbonyl (C=O) groups excluding carboxylic acids is 2. The zero-order valence-corrected chi connectivity index (χ0v) is 9.28. The zero-order valence-electron chi connectivity index (χ0n) is 9.28. The summed E-state index contributed by atoms with van der Waals surface area (Å²) in [5.41, 5.74) is 1.09. The standard InChI is InChI=1S/C11H12N4O2/c1-12-9(16)6-13-11(17)10-7-4-2-3-5-8(7)14-15-10/h2-5H,6H2,1H3,(H,12,16)(H,13,17)(H,14,15). The topological polar surface area (TPSA) is 86.9 Å². The summed E-state index contributed by atoms with van der Waals surface area (Å²) in [6, 6.07) is 7.31. The van der Waals surface area contributed by atoms with Gasteiger partial charge in [-0.1, -0.05) is 18.2 Å². The van der Waals surface area contributed by atoms with Crippen LogP contribution >= 0.6 is 0 Å². The lowest BCUT2D eigenvalue weighted by Crippen LogP contribution is -2.35. The first kappa shape index (κ1) is 11.1. The predicted octanol–water partition coefficient (Wildman–Crippen LogP) is 0.0387. The first-order valence-corrected chi connectivity index (χ1v) is 5.14. The van der Waals surface area contributed by atoms with E-state index >= 15 is 0 Å². The van der Waals surface area contributed by atoms with E-state index in [4.69, 9.17) is 0 Å². The molecule has 2 aromatic rings. The summed E-state index contributed by atoms with van der Waals surface area (Å²) >= 11 is 0. The van der Waals surface area contributed by atoms with Crippen molar-refractivity contribution in [1.29, 1.82) is 0 Å². The molecule has 2 amide bonds. The summed E-state index contributed by atoms with van der Waals surface area (Å²) in [4.78, 5) is 22.8. The second kappa shape index (κ2) is 4.65. The van der Waals surface area contributed by atoms with Crippen molar-refractivity contribution in [1.82, 2.24) is 20.8 Å². The predicted molar refractivity (Wildman–Crippen MR) is 62.5 cm³/mol. The molecule has 0 bridgehead atoms. The van der Waals surface area contributed by atoms with E-state index in [0.29, 0.717) is 5.69 Å². The summed E-state index contributed by atoms with van der Waals surface area (Å²) in [5.74, 6) is -0.621. The van der Waals surface area contributed by atoms with Crippen molar-refractivity contribution in [3.8, 4) is 0 Å². The molecular formula is C11H12N4O2. The Morgan fingerprint density at radius 2 is 2.12 bits per heavy atom. The largest absolute Gasteiger partial charge is 0.358 e. The first-order chi connectivity index (χ1) is 8.22.